The molecule has 2 aromatic carbocycles. The summed E-state index contributed by atoms with van der Waals surface area (Å²) in [6.45, 7) is 5.37. The van der Waals surface area contributed by atoms with Crippen molar-refractivity contribution in [2.75, 3.05) is 18.5 Å². The minimum atomic E-state index is -0.194. The number of hydrogen-bond acceptors (Lipinski definition) is 4. The Morgan fingerprint density at radius 2 is 1.84 bits per heavy atom. The fourth-order valence-electron chi connectivity index (χ4n) is 2.48. The highest BCUT2D eigenvalue weighted by atomic mass is 35.5. The van der Waals surface area contributed by atoms with Gasteiger partial charge in [0.25, 0.3) is 5.91 Å². The van der Waals surface area contributed by atoms with Gasteiger partial charge in [0, 0.05) is 28.7 Å². The molecule has 0 saturated heterocycles. The van der Waals surface area contributed by atoms with Crippen LogP contribution in [0.15, 0.2) is 41.3 Å². The zero-order chi connectivity index (χ0) is 17.8. The van der Waals surface area contributed by atoms with Crippen molar-refractivity contribution in [3.8, 4) is 11.5 Å². The number of thioether (sulfide) groups is 1. The molecule has 2 aromatic rings. The van der Waals surface area contributed by atoms with Crippen molar-refractivity contribution in [3.05, 3.63) is 47.0 Å². The maximum absolute atomic E-state index is 12.7. The van der Waals surface area contributed by atoms with Crippen molar-refractivity contribution >= 4 is 35.0 Å². The first-order valence-corrected chi connectivity index (χ1v) is 9.46. The van der Waals surface area contributed by atoms with Crippen molar-refractivity contribution in [1.29, 1.82) is 0 Å². The molecule has 0 aromatic heterocycles. The van der Waals surface area contributed by atoms with Gasteiger partial charge < -0.3 is 14.8 Å². The van der Waals surface area contributed by atoms with Crippen LogP contribution in [-0.2, 0) is 0 Å². The summed E-state index contributed by atoms with van der Waals surface area (Å²) in [6.07, 6.45) is 0.813. The zero-order valence-electron chi connectivity index (χ0n) is 14.2. The van der Waals surface area contributed by atoms with Crippen LogP contribution in [0, 0.1) is 0 Å². The number of rotatable bonds is 4. The third kappa shape index (κ3) is 4.41. The summed E-state index contributed by atoms with van der Waals surface area (Å²) < 4.78 is 11.3. The predicted molar refractivity (Wildman–Crippen MR) is 102 cm³/mol. The van der Waals surface area contributed by atoms with E-state index < -0.39 is 0 Å². The molecule has 0 aliphatic carbocycles. The molecular weight excluding hydrogens is 358 g/mol. The van der Waals surface area contributed by atoms with Gasteiger partial charge in [-0.1, -0.05) is 37.6 Å². The lowest BCUT2D eigenvalue weighted by molar-refractivity contribution is 0.102. The zero-order valence-corrected chi connectivity index (χ0v) is 15.7. The fraction of sp³-hybridized carbons (Fsp3) is 0.316. The first kappa shape index (κ1) is 18.0. The number of benzene rings is 2. The predicted octanol–water partition coefficient (Wildman–Crippen LogP) is 5.25. The Hall–Kier alpha value is -1.85. The molecule has 25 heavy (non-hydrogen) atoms. The van der Waals surface area contributed by atoms with Crippen molar-refractivity contribution in [2.45, 2.75) is 30.4 Å². The Balaban J connectivity index is 1.85. The summed E-state index contributed by atoms with van der Waals surface area (Å²) in [6, 6.07) is 11.0. The minimum Gasteiger partial charge on any atom is -0.490 e. The summed E-state index contributed by atoms with van der Waals surface area (Å²) in [5, 5.41) is 3.70. The van der Waals surface area contributed by atoms with Gasteiger partial charge in [-0.25, -0.2) is 0 Å². The standard InChI is InChI=1S/C19H20ClNO3S/c1-12(2)25-18-7-4-3-6-13(18)19(22)21-15-11-17-16(10-14(15)20)23-8-5-9-24-17/h3-4,6-7,10-12H,5,8-9H2,1-2H3,(H,21,22). The Morgan fingerprint density at radius 3 is 2.56 bits per heavy atom. The summed E-state index contributed by atoms with van der Waals surface area (Å²) in [5.41, 5.74) is 1.14. The number of carbonyl (C=O) groups is 1. The second-order valence-electron chi connectivity index (χ2n) is 5.95. The van der Waals surface area contributed by atoms with E-state index in [4.69, 9.17) is 21.1 Å². The molecule has 1 aliphatic rings. The van der Waals surface area contributed by atoms with Crippen LogP contribution in [0.2, 0.25) is 5.02 Å². The number of anilines is 1. The number of hydrogen-bond donors (Lipinski definition) is 1. The minimum absolute atomic E-state index is 0.194. The van der Waals surface area contributed by atoms with Gasteiger partial charge in [0.15, 0.2) is 11.5 Å². The summed E-state index contributed by atoms with van der Waals surface area (Å²) in [7, 11) is 0. The molecule has 132 valence electrons. The van der Waals surface area contributed by atoms with Gasteiger partial charge in [0.1, 0.15) is 0 Å². The maximum Gasteiger partial charge on any atom is 0.256 e. The van der Waals surface area contributed by atoms with Gasteiger partial charge in [-0.2, -0.15) is 0 Å². The van der Waals surface area contributed by atoms with Crippen LogP contribution in [0.1, 0.15) is 30.6 Å². The molecule has 0 unspecified atom stereocenters. The fourth-order valence-corrected chi connectivity index (χ4v) is 3.63. The molecule has 0 fully saturated rings. The molecule has 0 atom stereocenters. The van der Waals surface area contributed by atoms with E-state index in [9.17, 15) is 4.79 Å². The van der Waals surface area contributed by atoms with E-state index in [1.54, 1.807) is 23.9 Å². The first-order chi connectivity index (χ1) is 12.0. The van der Waals surface area contributed by atoms with Gasteiger partial charge in [0.05, 0.1) is 29.5 Å². The van der Waals surface area contributed by atoms with E-state index in [-0.39, 0.29) is 5.91 Å². The summed E-state index contributed by atoms with van der Waals surface area (Å²) in [4.78, 5) is 13.7. The summed E-state index contributed by atoms with van der Waals surface area (Å²) >= 11 is 7.97. The van der Waals surface area contributed by atoms with Gasteiger partial charge in [-0.15, -0.1) is 11.8 Å². The van der Waals surface area contributed by atoms with Crippen molar-refractivity contribution < 1.29 is 14.3 Å². The van der Waals surface area contributed by atoms with Gasteiger partial charge in [-0.3, -0.25) is 4.79 Å². The second kappa shape index (κ2) is 8.02. The van der Waals surface area contributed by atoms with Crippen LogP contribution in [0.25, 0.3) is 0 Å². The molecule has 0 bridgehead atoms. The number of amides is 1. The number of nitrogens with one attached hydrogen (secondary N) is 1. The van der Waals surface area contributed by atoms with Crippen LogP contribution < -0.4 is 14.8 Å². The smallest absolute Gasteiger partial charge is 0.256 e. The summed E-state index contributed by atoms with van der Waals surface area (Å²) in [5.74, 6) is 1.01. The Bertz CT molecular complexity index is 779. The number of carbonyl (C=O) groups excluding carboxylic acids is 1. The Morgan fingerprint density at radius 1 is 1.16 bits per heavy atom. The third-order valence-corrected chi connectivity index (χ3v) is 4.97. The number of fused-ring (bicyclic) bond motifs is 1. The second-order valence-corrected chi connectivity index (χ2v) is 7.97. The van der Waals surface area contributed by atoms with Crippen LogP contribution in [-0.4, -0.2) is 24.4 Å². The molecule has 1 amide bonds. The van der Waals surface area contributed by atoms with Crippen molar-refractivity contribution in [1.82, 2.24) is 0 Å². The lowest BCUT2D eigenvalue weighted by Crippen LogP contribution is -2.14. The lowest BCUT2D eigenvalue weighted by atomic mass is 10.2. The van der Waals surface area contributed by atoms with Crippen molar-refractivity contribution in [2.24, 2.45) is 0 Å². The van der Waals surface area contributed by atoms with E-state index in [0.717, 1.165) is 11.3 Å². The topological polar surface area (TPSA) is 47.6 Å². The van der Waals surface area contributed by atoms with Crippen LogP contribution in [0.3, 0.4) is 0 Å². The monoisotopic (exact) mass is 377 g/mol. The molecule has 0 spiro atoms. The van der Waals surface area contributed by atoms with E-state index in [1.165, 1.54) is 0 Å². The maximum atomic E-state index is 12.7. The van der Waals surface area contributed by atoms with Crippen LogP contribution in [0.4, 0.5) is 5.69 Å². The van der Waals surface area contributed by atoms with Crippen molar-refractivity contribution in [3.63, 3.8) is 0 Å². The normalized spacial score (nSPS) is 13.4. The molecule has 3 rings (SSSR count). The molecule has 4 nitrogen and oxygen atoms in total. The average Bonchev–Trinajstić information content (AvgIpc) is 2.80. The first-order valence-electron chi connectivity index (χ1n) is 8.21. The molecule has 1 N–H and O–H groups in total. The number of halogens is 1. The molecule has 1 heterocycles. The number of ether oxygens (including phenoxy) is 2. The highest BCUT2D eigenvalue weighted by Crippen LogP contribution is 2.38. The molecular formula is C19H20ClNO3S. The quantitative estimate of drug-likeness (QED) is 0.739. The molecule has 6 heteroatoms. The van der Waals surface area contributed by atoms with E-state index in [0.29, 0.717) is 46.2 Å². The molecule has 0 radical (unpaired) electrons. The van der Waals surface area contributed by atoms with E-state index >= 15 is 0 Å². The average molecular weight is 378 g/mol. The largest absolute Gasteiger partial charge is 0.490 e. The van der Waals surface area contributed by atoms with Crippen LogP contribution in [0.5, 0.6) is 11.5 Å². The highest BCUT2D eigenvalue weighted by molar-refractivity contribution is 8.00. The highest BCUT2D eigenvalue weighted by Gasteiger charge is 2.18. The van der Waals surface area contributed by atoms with Gasteiger partial charge in [0.2, 0.25) is 0 Å². The SMILES string of the molecule is CC(C)Sc1ccccc1C(=O)Nc1cc2c(cc1Cl)OCCCO2. The van der Waals surface area contributed by atoms with Gasteiger partial charge in [-0.05, 0) is 12.1 Å². The van der Waals surface area contributed by atoms with E-state index in [2.05, 4.69) is 19.2 Å². The van der Waals surface area contributed by atoms with Gasteiger partial charge >= 0.3 is 0 Å². The van der Waals surface area contributed by atoms with Crippen LogP contribution >= 0.6 is 23.4 Å². The van der Waals surface area contributed by atoms with E-state index in [1.807, 2.05) is 24.3 Å². The third-order valence-electron chi connectivity index (χ3n) is 3.58. The Kier molecular flexibility index (Phi) is 5.76. The lowest BCUT2D eigenvalue weighted by Gasteiger charge is -2.14. The molecule has 0 saturated carbocycles. The Labute approximate surface area is 156 Å². The molecule has 1 aliphatic heterocycles.